The third-order valence-corrected chi connectivity index (χ3v) is 3.51. The van der Waals surface area contributed by atoms with E-state index in [-0.39, 0.29) is 5.75 Å². The van der Waals surface area contributed by atoms with Crippen LogP contribution < -0.4 is 0 Å². The lowest BCUT2D eigenvalue weighted by Gasteiger charge is -1.95. The zero-order valence-corrected chi connectivity index (χ0v) is 8.88. The Kier molecular flexibility index (Phi) is 2.37. The summed E-state index contributed by atoms with van der Waals surface area (Å²) in [4.78, 5) is 0. The Hall–Kier alpha value is -0.440. The molecule has 1 heterocycles. The molecule has 1 aromatic carbocycles. The fourth-order valence-corrected chi connectivity index (χ4v) is 2.50. The number of alkyl halides is 1. The lowest BCUT2D eigenvalue weighted by molar-refractivity contribution is 0.484. The predicted octanol–water partition coefficient (Wildman–Crippen LogP) is 4.00. The Morgan fingerprint density at radius 1 is 1.38 bits per heavy atom. The first-order valence-corrected chi connectivity index (χ1v) is 5.41. The van der Waals surface area contributed by atoms with E-state index in [0.717, 1.165) is 15.6 Å². The Bertz CT molecular complexity index is 450. The number of benzene rings is 1. The van der Waals surface area contributed by atoms with Gasteiger partial charge in [-0.2, -0.15) is 0 Å². The molecule has 1 nitrogen and oxygen atoms in total. The van der Waals surface area contributed by atoms with Gasteiger partial charge in [0.15, 0.2) is 5.75 Å². The van der Waals surface area contributed by atoms with Crippen molar-refractivity contribution in [3.8, 4) is 5.75 Å². The molecule has 2 rings (SSSR count). The van der Waals surface area contributed by atoms with Crippen LogP contribution in [0.3, 0.4) is 0 Å². The van der Waals surface area contributed by atoms with E-state index in [1.54, 1.807) is 0 Å². The van der Waals surface area contributed by atoms with E-state index in [2.05, 4.69) is 0 Å². The molecule has 4 heteroatoms. The van der Waals surface area contributed by atoms with Gasteiger partial charge in [0.25, 0.3) is 0 Å². The van der Waals surface area contributed by atoms with Crippen molar-refractivity contribution in [1.29, 1.82) is 0 Å². The van der Waals surface area contributed by atoms with Crippen molar-refractivity contribution >= 4 is 44.6 Å². The number of rotatable bonds is 1. The van der Waals surface area contributed by atoms with E-state index in [1.807, 2.05) is 18.2 Å². The summed E-state index contributed by atoms with van der Waals surface area (Å²) in [6, 6.07) is 5.71. The van der Waals surface area contributed by atoms with Gasteiger partial charge in [0.05, 0.1) is 0 Å². The van der Waals surface area contributed by atoms with Crippen LogP contribution in [-0.4, -0.2) is 5.11 Å². The van der Waals surface area contributed by atoms with Crippen LogP contribution >= 0.6 is 34.5 Å². The first-order valence-electron chi connectivity index (χ1n) is 3.68. The maximum atomic E-state index is 9.55. The number of halogens is 2. The largest absolute Gasteiger partial charge is 0.505 e. The number of hydrogen-bond donors (Lipinski definition) is 1. The van der Waals surface area contributed by atoms with Crippen LogP contribution in [-0.2, 0) is 5.88 Å². The highest BCUT2D eigenvalue weighted by atomic mass is 35.5. The van der Waals surface area contributed by atoms with Gasteiger partial charge in [-0.25, -0.2) is 0 Å². The van der Waals surface area contributed by atoms with Crippen LogP contribution in [0.1, 0.15) is 5.56 Å². The lowest BCUT2D eigenvalue weighted by atomic mass is 10.2. The van der Waals surface area contributed by atoms with Gasteiger partial charge in [-0.15, -0.1) is 22.9 Å². The second-order valence-corrected chi connectivity index (χ2v) is 4.61. The van der Waals surface area contributed by atoms with Crippen molar-refractivity contribution in [2.45, 2.75) is 5.88 Å². The summed E-state index contributed by atoms with van der Waals surface area (Å²) in [7, 11) is 0. The summed E-state index contributed by atoms with van der Waals surface area (Å²) in [6.45, 7) is 0. The molecule has 2 aromatic rings. The molecule has 0 aliphatic rings. The monoisotopic (exact) mass is 232 g/mol. The molecule has 1 aromatic heterocycles. The Morgan fingerprint density at radius 3 is 2.85 bits per heavy atom. The summed E-state index contributed by atoms with van der Waals surface area (Å²) in [5.74, 6) is 0.608. The molecule has 0 spiro atoms. The van der Waals surface area contributed by atoms with Crippen molar-refractivity contribution in [3.05, 3.63) is 28.1 Å². The van der Waals surface area contributed by atoms with E-state index >= 15 is 0 Å². The summed E-state index contributed by atoms with van der Waals surface area (Å²) in [5, 5.41) is 10.3. The standard InChI is InChI=1S/C9H6Cl2OS/c10-4-5-1-2-7-6(3-5)8(12)9(11)13-7/h1-3,12H,4H2. The number of hydrogen-bond acceptors (Lipinski definition) is 2. The molecule has 13 heavy (non-hydrogen) atoms. The van der Waals surface area contributed by atoms with Gasteiger partial charge < -0.3 is 5.11 Å². The van der Waals surface area contributed by atoms with Gasteiger partial charge >= 0.3 is 0 Å². The minimum atomic E-state index is 0.161. The highest BCUT2D eigenvalue weighted by Gasteiger charge is 2.08. The highest BCUT2D eigenvalue weighted by Crippen LogP contribution is 2.40. The first kappa shape index (κ1) is 9.13. The Morgan fingerprint density at radius 2 is 2.15 bits per heavy atom. The minimum absolute atomic E-state index is 0.161. The maximum Gasteiger partial charge on any atom is 0.152 e. The molecular weight excluding hydrogens is 227 g/mol. The third kappa shape index (κ3) is 1.50. The summed E-state index contributed by atoms with van der Waals surface area (Å²) < 4.78 is 1.41. The molecule has 0 atom stereocenters. The molecular formula is C9H6Cl2OS. The van der Waals surface area contributed by atoms with Crippen molar-refractivity contribution in [2.75, 3.05) is 0 Å². The van der Waals surface area contributed by atoms with E-state index in [0.29, 0.717) is 10.2 Å². The van der Waals surface area contributed by atoms with Crippen LogP contribution in [0.15, 0.2) is 18.2 Å². The van der Waals surface area contributed by atoms with Gasteiger partial charge in [0, 0.05) is 16.0 Å². The fraction of sp³-hybridized carbons (Fsp3) is 0.111. The SMILES string of the molecule is Oc1c(Cl)sc2ccc(CCl)cc12. The molecule has 0 saturated heterocycles. The third-order valence-electron chi connectivity index (χ3n) is 1.84. The molecule has 0 aliphatic carbocycles. The molecule has 0 amide bonds. The zero-order chi connectivity index (χ0) is 9.42. The van der Waals surface area contributed by atoms with E-state index in [9.17, 15) is 5.11 Å². The fourth-order valence-electron chi connectivity index (χ4n) is 1.19. The summed E-state index contributed by atoms with van der Waals surface area (Å²) >= 11 is 12.8. The quantitative estimate of drug-likeness (QED) is 0.738. The molecule has 0 radical (unpaired) electrons. The summed E-state index contributed by atoms with van der Waals surface area (Å²) in [5.41, 5.74) is 0.985. The van der Waals surface area contributed by atoms with Crippen LogP contribution in [0.4, 0.5) is 0 Å². The number of thiophene rings is 1. The predicted molar refractivity (Wildman–Crippen MR) is 58.1 cm³/mol. The van der Waals surface area contributed by atoms with Gasteiger partial charge in [-0.1, -0.05) is 17.7 Å². The lowest BCUT2D eigenvalue weighted by Crippen LogP contribution is -1.74. The second-order valence-electron chi connectivity index (χ2n) is 2.69. The van der Waals surface area contributed by atoms with Gasteiger partial charge in [0.1, 0.15) is 4.34 Å². The number of aromatic hydroxyl groups is 1. The molecule has 0 fully saturated rings. The molecule has 0 aliphatic heterocycles. The molecule has 0 bridgehead atoms. The van der Waals surface area contributed by atoms with Crippen molar-refractivity contribution in [2.24, 2.45) is 0 Å². The van der Waals surface area contributed by atoms with Crippen molar-refractivity contribution in [1.82, 2.24) is 0 Å². The smallest absolute Gasteiger partial charge is 0.152 e. The topological polar surface area (TPSA) is 20.2 Å². The van der Waals surface area contributed by atoms with Crippen molar-refractivity contribution in [3.63, 3.8) is 0 Å². The van der Waals surface area contributed by atoms with Crippen LogP contribution in [0, 0.1) is 0 Å². The maximum absolute atomic E-state index is 9.55. The van der Waals surface area contributed by atoms with E-state index in [4.69, 9.17) is 23.2 Å². The van der Waals surface area contributed by atoms with E-state index in [1.165, 1.54) is 11.3 Å². The molecule has 1 N–H and O–H groups in total. The van der Waals surface area contributed by atoms with Gasteiger partial charge in [-0.3, -0.25) is 0 Å². The van der Waals surface area contributed by atoms with Crippen molar-refractivity contribution < 1.29 is 5.11 Å². The second kappa shape index (κ2) is 3.37. The molecule has 0 saturated carbocycles. The average molecular weight is 233 g/mol. The zero-order valence-electron chi connectivity index (χ0n) is 6.55. The van der Waals surface area contributed by atoms with E-state index < -0.39 is 0 Å². The molecule has 68 valence electrons. The first-order chi connectivity index (χ1) is 6.22. The Labute approximate surface area is 89.5 Å². The summed E-state index contributed by atoms with van der Waals surface area (Å²) in [6.07, 6.45) is 0. The normalized spacial score (nSPS) is 10.9. The van der Waals surface area contributed by atoms with Crippen LogP contribution in [0.2, 0.25) is 4.34 Å². The van der Waals surface area contributed by atoms with Crippen LogP contribution in [0.5, 0.6) is 5.75 Å². The minimum Gasteiger partial charge on any atom is -0.505 e. The van der Waals surface area contributed by atoms with Gasteiger partial charge in [-0.05, 0) is 17.7 Å². The molecule has 0 unspecified atom stereocenters. The van der Waals surface area contributed by atoms with Gasteiger partial charge in [0.2, 0.25) is 0 Å². The average Bonchev–Trinajstić information content (AvgIpc) is 2.43. The highest BCUT2D eigenvalue weighted by molar-refractivity contribution is 7.23. The van der Waals surface area contributed by atoms with Crippen LogP contribution in [0.25, 0.3) is 10.1 Å². The number of fused-ring (bicyclic) bond motifs is 1. The Balaban J connectivity index is 2.75.